The van der Waals surface area contributed by atoms with E-state index in [1.165, 1.54) is 0 Å². The van der Waals surface area contributed by atoms with Crippen LogP contribution in [0.2, 0.25) is 0 Å². The van der Waals surface area contributed by atoms with E-state index in [2.05, 4.69) is 15.9 Å². The van der Waals surface area contributed by atoms with Crippen LogP contribution in [0.1, 0.15) is 25.5 Å². The summed E-state index contributed by atoms with van der Waals surface area (Å²) in [5.74, 6) is 0. The van der Waals surface area contributed by atoms with Crippen molar-refractivity contribution < 1.29 is 14.3 Å². The number of carbonyl (C=O) groups is 1. The van der Waals surface area contributed by atoms with Crippen molar-refractivity contribution in [2.45, 2.75) is 25.6 Å². The number of rotatable bonds is 1. The normalized spacial score (nSPS) is 23.4. The lowest BCUT2D eigenvalue weighted by atomic mass is 9.95. The van der Waals surface area contributed by atoms with Crippen molar-refractivity contribution in [2.24, 2.45) is 0 Å². The molecule has 0 spiro atoms. The van der Waals surface area contributed by atoms with Gasteiger partial charge < -0.3 is 9.47 Å². The number of hydrogen-bond donors (Lipinski definition) is 0. The Bertz CT molecular complexity index is 383. The third-order valence-corrected chi connectivity index (χ3v) is 2.89. The van der Waals surface area contributed by atoms with Gasteiger partial charge in [0, 0.05) is 4.47 Å². The van der Waals surface area contributed by atoms with Crippen molar-refractivity contribution in [3.63, 3.8) is 0 Å². The van der Waals surface area contributed by atoms with Crippen LogP contribution < -0.4 is 0 Å². The van der Waals surface area contributed by atoms with Crippen LogP contribution in [0.3, 0.4) is 0 Å². The third-order valence-electron chi connectivity index (χ3n) is 2.36. The Labute approximate surface area is 96.5 Å². The second-order valence-corrected chi connectivity index (χ2v) is 4.92. The van der Waals surface area contributed by atoms with Gasteiger partial charge in [-0.05, 0) is 31.5 Å². The van der Waals surface area contributed by atoms with Gasteiger partial charge in [-0.2, -0.15) is 0 Å². The summed E-state index contributed by atoms with van der Waals surface area (Å²) >= 11 is 3.36. The zero-order valence-electron chi connectivity index (χ0n) is 8.49. The van der Waals surface area contributed by atoms with Gasteiger partial charge in [0.25, 0.3) is 0 Å². The molecule has 1 atom stereocenters. The molecular weight excluding hydrogens is 260 g/mol. The predicted octanol–water partition coefficient (Wildman–Crippen LogP) is 3.44. The average molecular weight is 271 g/mol. The molecule has 0 aromatic heterocycles. The first-order valence-corrected chi connectivity index (χ1v) is 5.43. The van der Waals surface area contributed by atoms with Gasteiger partial charge in [-0.15, -0.1) is 0 Å². The molecule has 2 rings (SSSR count). The van der Waals surface area contributed by atoms with Gasteiger partial charge in [0.1, 0.15) is 0 Å². The Morgan fingerprint density at radius 2 is 1.87 bits per heavy atom. The molecule has 1 aromatic carbocycles. The Morgan fingerprint density at radius 3 is 2.33 bits per heavy atom. The van der Waals surface area contributed by atoms with E-state index in [0.29, 0.717) is 0 Å². The standard InChI is InChI=1S/C11H11BrO3/c1-11(2)9(14-10(13)15-11)7-3-5-8(12)6-4-7/h3-6,9H,1-2H3/t9-/m1/s1. The van der Waals surface area contributed by atoms with Crippen molar-refractivity contribution in [1.82, 2.24) is 0 Å². The van der Waals surface area contributed by atoms with Crippen LogP contribution in [-0.2, 0) is 9.47 Å². The van der Waals surface area contributed by atoms with Crippen molar-refractivity contribution in [1.29, 1.82) is 0 Å². The maximum Gasteiger partial charge on any atom is 0.509 e. The van der Waals surface area contributed by atoms with Gasteiger partial charge >= 0.3 is 6.16 Å². The summed E-state index contributed by atoms with van der Waals surface area (Å²) in [6, 6.07) is 7.66. The molecule has 0 bridgehead atoms. The minimum Gasteiger partial charge on any atom is -0.424 e. The molecule has 1 aliphatic heterocycles. The van der Waals surface area contributed by atoms with Gasteiger partial charge in [-0.25, -0.2) is 4.79 Å². The van der Waals surface area contributed by atoms with E-state index in [1.54, 1.807) is 0 Å². The first kappa shape index (κ1) is 10.5. The molecule has 0 radical (unpaired) electrons. The highest BCUT2D eigenvalue weighted by atomic mass is 79.9. The molecule has 1 fully saturated rings. The topological polar surface area (TPSA) is 35.5 Å². The summed E-state index contributed by atoms with van der Waals surface area (Å²) in [7, 11) is 0. The fourth-order valence-electron chi connectivity index (χ4n) is 1.64. The lowest BCUT2D eigenvalue weighted by molar-refractivity contribution is 0.0642. The van der Waals surface area contributed by atoms with Crippen LogP contribution in [0.5, 0.6) is 0 Å². The summed E-state index contributed by atoms with van der Waals surface area (Å²) in [5, 5.41) is 0. The fraction of sp³-hybridized carbons (Fsp3) is 0.364. The van der Waals surface area contributed by atoms with Gasteiger partial charge in [0.05, 0.1) is 0 Å². The molecule has 1 aliphatic rings. The van der Waals surface area contributed by atoms with Crippen molar-refractivity contribution in [2.75, 3.05) is 0 Å². The Balaban J connectivity index is 2.31. The molecule has 0 amide bonds. The molecule has 80 valence electrons. The molecule has 0 unspecified atom stereocenters. The molecule has 0 saturated carbocycles. The molecule has 0 aliphatic carbocycles. The molecule has 0 N–H and O–H groups in total. The van der Waals surface area contributed by atoms with Crippen LogP contribution in [-0.4, -0.2) is 11.8 Å². The highest BCUT2D eigenvalue weighted by molar-refractivity contribution is 9.10. The van der Waals surface area contributed by atoms with E-state index >= 15 is 0 Å². The first-order chi connectivity index (χ1) is 6.99. The van der Waals surface area contributed by atoms with E-state index in [0.717, 1.165) is 10.0 Å². The SMILES string of the molecule is CC1(C)OC(=O)O[C@@H]1c1ccc(Br)cc1. The minimum atomic E-state index is -0.606. The van der Waals surface area contributed by atoms with E-state index in [1.807, 2.05) is 38.1 Å². The number of benzene rings is 1. The summed E-state index contributed by atoms with van der Waals surface area (Å²) in [6.07, 6.45) is -0.939. The van der Waals surface area contributed by atoms with Gasteiger partial charge in [-0.1, -0.05) is 28.1 Å². The fourth-order valence-corrected chi connectivity index (χ4v) is 1.90. The number of halogens is 1. The summed E-state index contributed by atoms with van der Waals surface area (Å²) in [4.78, 5) is 11.1. The van der Waals surface area contributed by atoms with Crippen LogP contribution in [0.15, 0.2) is 28.7 Å². The van der Waals surface area contributed by atoms with E-state index in [9.17, 15) is 4.79 Å². The molecule has 1 aromatic rings. The molecule has 1 heterocycles. The molecule has 3 nitrogen and oxygen atoms in total. The van der Waals surface area contributed by atoms with E-state index in [-0.39, 0.29) is 6.10 Å². The quantitative estimate of drug-likeness (QED) is 0.734. The summed E-state index contributed by atoms with van der Waals surface area (Å²) < 4.78 is 11.2. The maximum absolute atomic E-state index is 11.1. The number of cyclic esters (lactones) is 2. The predicted molar refractivity (Wildman–Crippen MR) is 58.5 cm³/mol. The van der Waals surface area contributed by atoms with Crippen LogP contribution in [0, 0.1) is 0 Å². The summed E-state index contributed by atoms with van der Waals surface area (Å²) in [6.45, 7) is 3.68. The highest BCUT2D eigenvalue weighted by Crippen LogP contribution is 2.38. The van der Waals surface area contributed by atoms with Crippen molar-refractivity contribution in [3.05, 3.63) is 34.3 Å². The zero-order valence-corrected chi connectivity index (χ0v) is 10.1. The van der Waals surface area contributed by atoms with Crippen LogP contribution >= 0.6 is 15.9 Å². The minimum absolute atomic E-state index is 0.335. The number of hydrogen-bond acceptors (Lipinski definition) is 3. The Hall–Kier alpha value is -1.03. The molecular formula is C11H11BrO3. The maximum atomic E-state index is 11.1. The van der Waals surface area contributed by atoms with Crippen LogP contribution in [0.25, 0.3) is 0 Å². The van der Waals surface area contributed by atoms with Gasteiger partial charge in [-0.3, -0.25) is 0 Å². The van der Waals surface area contributed by atoms with Crippen molar-refractivity contribution >= 4 is 22.1 Å². The Morgan fingerprint density at radius 1 is 1.27 bits per heavy atom. The second kappa shape index (κ2) is 3.52. The Kier molecular flexibility index (Phi) is 2.46. The van der Waals surface area contributed by atoms with Crippen LogP contribution in [0.4, 0.5) is 4.79 Å². The monoisotopic (exact) mass is 270 g/mol. The molecule has 15 heavy (non-hydrogen) atoms. The number of carbonyl (C=O) groups excluding carboxylic acids is 1. The first-order valence-electron chi connectivity index (χ1n) is 4.64. The van der Waals surface area contributed by atoms with E-state index < -0.39 is 11.8 Å². The summed E-state index contributed by atoms with van der Waals surface area (Å²) in [5.41, 5.74) is 0.333. The van der Waals surface area contributed by atoms with Gasteiger partial charge in [0.2, 0.25) is 0 Å². The highest BCUT2D eigenvalue weighted by Gasteiger charge is 2.44. The third kappa shape index (κ3) is 2.00. The van der Waals surface area contributed by atoms with Crippen molar-refractivity contribution in [3.8, 4) is 0 Å². The number of ether oxygens (including phenoxy) is 2. The molecule has 1 saturated heterocycles. The van der Waals surface area contributed by atoms with Gasteiger partial charge in [0.15, 0.2) is 11.7 Å². The molecule has 4 heteroatoms. The lowest BCUT2D eigenvalue weighted by Crippen LogP contribution is -2.26. The largest absolute Gasteiger partial charge is 0.509 e. The lowest BCUT2D eigenvalue weighted by Gasteiger charge is -2.21. The smallest absolute Gasteiger partial charge is 0.424 e. The zero-order chi connectivity index (χ0) is 11.1. The second-order valence-electron chi connectivity index (χ2n) is 4.00. The average Bonchev–Trinajstić information content (AvgIpc) is 2.41. The van der Waals surface area contributed by atoms with E-state index in [4.69, 9.17) is 9.47 Å².